The van der Waals surface area contributed by atoms with Gasteiger partial charge in [-0.3, -0.25) is 0 Å². The summed E-state index contributed by atoms with van der Waals surface area (Å²) < 4.78 is 0. The first-order valence-corrected chi connectivity index (χ1v) is 6.64. The summed E-state index contributed by atoms with van der Waals surface area (Å²) in [7, 11) is 1.95. The molecule has 0 atom stereocenters. The van der Waals surface area contributed by atoms with Crippen LogP contribution in [0.1, 0.15) is 32.3 Å². The lowest BCUT2D eigenvalue weighted by molar-refractivity contribution is 0.303. The average molecular weight is 252 g/mol. The number of aliphatic hydroxyl groups excluding tert-OH is 1. The lowest BCUT2D eigenvalue weighted by atomic mass is 10.1. The van der Waals surface area contributed by atoms with Gasteiger partial charge in [0.05, 0.1) is 6.61 Å². The van der Waals surface area contributed by atoms with E-state index in [1.807, 2.05) is 11.9 Å². The van der Waals surface area contributed by atoms with E-state index in [1.54, 1.807) is 6.33 Å². The van der Waals surface area contributed by atoms with Crippen molar-refractivity contribution >= 4 is 11.6 Å². The molecule has 2 N–H and O–H groups in total. The number of nitrogens with one attached hydrogen (secondary N) is 1. The highest BCUT2D eigenvalue weighted by molar-refractivity contribution is 5.58. The quantitative estimate of drug-likeness (QED) is 0.737. The third-order valence-electron chi connectivity index (χ3n) is 2.76. The SMILES string of the molecule is CCCNc1ncnc(N(C)CCO)c1CCC. The zero-order valence-corrected chi connectivity index (χ0v) is 11.6. The van der Waals surface area contributed by atoms with E-state index < -0.39 is 0 Å². The van der Waals surface area contributed by atoms with Crippen molar-refractivity contribution in [2.75, 3.05) is 37.0 Å². The van der Waals surface area contributed by atoms with Crippen molar-refractivity contribution < 1.29 is 5.11 Å². The van der Waals surface area contributed by atoms with E-state index in [2.05, 4.69) is 29.1 Å². The number of aromatic nitrogens is 2. The van der Waals surface area contributed by atoms with Crippen LogP contribution in [0.25, 0.3) is 0 Å². The fraction of sp³-hybridized carbons (Fsp3) is 0.692. The summed E-state index contributed by atoms with van der Waals surface area (Å²) in [5.41, 5.74) is 1.14. The number of likely N-dealkylation sites (N-methyl/N-ethyl adjacent to an activating group) is 1. The molecule has 5 nitrogen and oxygen atoms in total. The van der Waals surface area contributed by atoms with E-state index in [4.69, 9.17) is 5.11 Å². The molecule has 5 heteroatoms. The van der Waals surface area contributed by atoms with Crippen LogP contribution < -0.4 is 10.2 Å². The Morgan fingerprint density at radius 2 is 2.06 bits per heavy atom. The molecule has 0 aliphatic rings. The Morgan fingerprint density at radius 3 is 2.67 bits per heavy atom. The van der Waals surface area contributed by atoms with Gasteiger partial charge < -0.3 is 15.3 Å². The Bertz CT molecular complexity index is 357. The second kappa shape index (κ2) is 7.87. The summed E-state index contributed by atoms with van der Waals surface area (Å²) >= 11 is 0. The third-order valence-corrected chi connectivity index (χ3v) is 2.76. The molecule has 0 fully saturated rings. The van der Waals surface area contributed by atoms with Crippen LogP contribution in [0, 0.1) is 0 Å². The van der Waals surface area contributed by atoms with E-state index >= 15 is 0 Å². The first-order chi connectivity index (χ1) is 8.74. The van der Waals surface area contributed by atoms with Gasteiger partial charge in [0.15, 0.2) is 0 Å². The molecule has 102 valence electrons. The van der Waals surface area contributed by atoms with Crippen LogP contribution in [-0.4, -0.2) is 41.8 Å². The van der Waals surface area contributed by atoms with E-state index in [9.17, 15) is 0 Å². The molecule has 0 saturated carbocycles. The van der Waals surface area contributed by atoms with Crippen molar-refractivity contribution in [3.63, 3.8) is 0 Å². The minimum absolute atomic E-state index is 0.129. The minimum atomic E-state index is 0.129. The molecule has 0 aromatic carbocycles. The second-order valence-corrected chi connectivity index (χ2v) is 4.35. The van der Waals surface area contributed by atoms with Crippen LogP contribution in [0.5, 0.6) is 0 Å². The summed E-state index contributed by atoms with van der Waals surface area (Å²) in [6.07, 6.45) is 4.64. The van der Waals surface area contributed by atoms with E-state index in [-0.39, 0.29) is 6.61 Å². The van der Waals surface area contributed by atoms with E-state index in [1.165, 1.54) is 0 Å². The fourth-order valence-electron chi connectivity index (χ4n) is 1.86. The number of anilines is 2. The molecule has 0 aliphatic heterocycles. The second-order valence-electron chi connectivity index (χ2n) is 4.35. The van der Waals surface area contributed by atoms with Crippen molar-refractivity contribution in [2.45, 2.75) is 33.1 Å². The topological polar surface area (TPSA) is 61.3 Å². The zero-order chi connectivity index (χ0) is 13.4. The van der Waals surface area contributed by atoms with E-state index in [0.717, 1.165) is 43.0 Å². The van der Waals surface area contributed by atoms with Gasteiger partial charge in [-0.2, -0.15) is 0 Å². The molecule has 0 spiro atoms. The maximum absolute atomic E-state index is 9.03. The predicted molar refractivity (Wildman–Crippen MR) is 75.2 cm³/mol. The first-order valence-electron chi connectivity index (χ1n) is 6.64. The number of hydrogen-bond donors (Lipinski definition) is 2. The highest BCUT2D eigenvalue weighted by Gasteiger charge is 2.13. The van der Waals surface area contributed by atoms with Gasteiger partial charge in [0.25, 0.3) is 0 Å². The van der Waals surface area contributed by atoms with Gasteiger partial charge in [-0.05, 0) is 12.8 Å². The Kier molecular flexibility index (Phi) is 6.43. The molecule has 0 radical (unpaired) electrons. The van der Waals surface area contributed by atoms with Crippen LogP contribution in [0.15, 0.2) is 6.33 Å². The molecule has 0 bridgehead atoms. The van der Waals surface area contributed by atoms with Gasteiger partial charge in [-0.25, -0.2) is 9.97 Å². The van der Waals surface area contributed by atoms with Gasteiger partial charge in [0.1, 0.15) is 18.0 Å². The van der Waals surface area contributed by atoms with Crippen LogP contribution >= 0.6 is 0 Å². The molecule has 18 heavy (non-hydrogen) atoms. The summed E-state index contributed by atoms with van der Waals surface area (Å²) in [5.74, 6) is 1.84. The van der Waals surface area contributed by atoms with Gasteiger partial charge in [-0.1, -0.05) is 20.3 Å². The summed E-state index contributed by atoms with van der Waals surface area (Å²) in [6.45, 7) is 5.90. The number of hydrogen-bond acceptors (Lipinski definition) is 5. The monoisotopic (exact) mass is 252 g/mol. The molecule has 1 aromatic heterocycles. The predicted octanol–water partition coefficient (Wildman–Crippen LogP) is 1.68. The lowest BCUT2D eigenvalue weighted by Gasteiger charge is -2.21. The minimum Gasteiger partial charge on any atom is -0.395 e. The van der Waals surface area contributed by atoms with Gasteiger partial charge >= 0.3 is 0 Å². The Morgan fingerprint density at radius 1 is 1.28 bits per heavy atom. The van der Waals surface area contributed by atoms with Crippen LogP contribution in [0.2, 0.25) is 0 Å². The Balaban J connectivity index is 3.00. The van der Waals surface area contributed by atoms with Crippen LogP contribution in [0.3, 0.4) is 0 Å². The number of aliphatic hydroxyl groups is 1. The van der Waals surface area contributed by atoms with Gasteiger partial charge in [-0.15, -0.1) is 0 Å². The molecule has 1 aromatic rings. The molecule has 0 unspecified atom stereocenters. The van der Waals surface area contributed by atoms with Crippen molar-refractivity contribution in [1.82, 2.24) is 9.97 Å². The first kappa shape index (κ1) is 14.7. The summed E-state index contributed by atoms with van der Waals surface area (Å²) in [4.78, 5) is 10.7. The van der Waals surface area contributed by atoms with Gasteiger partial charge in [0.2, 0.25) is 0 Å². The average Bonchev–Trinajstić information content (AvgIpc) is 2.38. The van der Waals surface area contributed by atoms with Crippen molar-refractivity contribution in [2.24, 2.45) is 0 Å². The fourth-order valence-corrected chi connectivity index (χ4v) is 1.86. The Labute approximate surface area is 109 Å². The van der Waals surface area contributed by atoms with Crippen molar-refractivity contribution in [1.29, 1.82) is 0 Å². The molecule has 0 aliphatic carbocycles. The normalized spacial score (nSPS) is 10.4. The maximum atomic E-state index is 9.03. The zero-order valence-electron chi connectivity index (χ0n) is 11.6. The standard InChI is InChI=1S/C13H24N4O/c1-4-6-11-12(14-7-5-2)15-10-16-13(11)17(3)8-9-18/h10,18H,4-9H2,1-3H3,(H,14,15,16). The van der Waals surface area contributed by atoms with Crippen molar-refractivity contribution in [3.8, 4) is 0 Å². The molecular formula is C13H24N4O. The highest BCUT2D eigenvalue weighted by atomic mass is 16.3. The highest BCUT2D eigenvalue weighted by Crippen LogP contribution is 2.24. The maximum Gasteiger partial charge on any atom is 0.137 e. The molecule has 0 amide bonds. The smallest absolute Gasteiger partial charge is 0.137 e. The van der Waals surface area contributed by atoms with Crippen molar-refractivity contribution in [3.05, 3.63) is 11.9 Å². The Hall–Kier alpha value is -1.36. The molecule has 1 heterocycles. The largest absolute Gasteiger partial charge is 0.395 e. The molecule has 0 saturated heterocycles. The third kappa shape index (κ3) is 3.84. The van der Waals surface area contributed by atoms with E-state index in [0.29, 0.717) is 6.54 Å². The number of rotatable bonds is 8. The van der Waals surface area contributed by atoms with Crippen LogP contribution in [0.4, 0.5) is 11.6 Å². The molecule has 1 rings (SSSR count). The van der Waals surface area contributed by atoms with Gasteiger partial charge in [0, 0.05) is 25.7 Å². The summed E-state index contributed by atoms with van der Waals surface area (Å²) in [6, 6.07) is 0. The molecular weight excluding hydrogens is 228 g/mol. The van der Waals surface area contributed by atoms with Crippen LogP contribution in [-0.2, 0) is 6.42 Å². The summed E-state index contributed by atoms with van der Waals surface area (Å²) in [5, 5.41) is 12.4. The number of nitrogens with zero attached hydrogens (tertiary/aromatic N) is 3. The lowest BCUT2D eigenvalue weighted by Crippen LogP contribution is -2.24.